The van der Waals surface area contributed by atoms with E-state index in [1.54, 1.807) is 6.20 Å². The summed E-state index contributed by atoms with van der Waals surface area (Å²) < 4.78 is 7.57. The summed E-state index contributed by atoms with van der Waals surface area (Å²) in [5.74, 6) is 0. The number of ether oxygens (including phenoxy) is 1. The van der Waals surface area contributed by atoms with Gasteiger partial charge in [-0.1, -0.05) is 0 Å². The van der Waals surface area contributed by atoms with Crippen LogP contribution in [0.4, 0.5) is 0 Å². The molecule has 1 N–H and O–H groups in total. The molecule has 2 heterocycles. The van der Waals surface area contributed by atoms with Gasteiger partial charge in [0.05, 0.1) is 12.6 Å². The Morgan fingerprint density at radius 3 is 3.46 bits per heavy atom. The fourth-order valence-electron chi connectivity index (χ4n) is 1.50. The number of hydrogen-bond donors (Lipinski definition) is 1. The number of rotatable bonds is 2. The van der Waals surface area contributed by atoms with Crippen LogP contribution < -0.4 is 5.32 Å². The predicted molar refractivity (Wildman–Crippen MR) is 49.5 cm³/mol. The van der Waals surface area contributed by atoms with E-state index >= 15 is 0 Å². The zero-order valence-corrected chi connectivity index (χ0v) is 7.65. The molecule has 0 saturated carbocycles. The third-order valence-corrected chi connectivity index (χ3v) is 2.17. The molecule has 0 aliphatic carbocycles. The third-order valence-electron chi connectivity index (χ3n) is 2.17. The highest BCUT2D eigenvalue weighted by atomic mass is 16.5. The van der Waals surface area contributed by atoms with Crippen molar-refractivity contribution in [2.75, 3.05) is 19.7 Å². The normalized spacial score (nSPS) is 24.2. The standard InChI is InChI=1S/C9H15N3O/c1-4-11-12(5-1)8-9-7-10-3-2-6-13-9/h1,4-5,9-10H,2-3,6-8H2/t9-/m1/s1. The minimum Gasteiger partial charge on any atom is -0.375 e. The Morgan fingerprint density at radius 1 is 1.62 bits per heavy atom. The van der Waals surface area contributed by atoms with Gasteiger partial charge in [-0.05, 0) is 19.0 Å². The molecule has 72 valence electrons. The van der Waals surface area contributed by atoms with Gasteiger partial charge in [-0.2, -0.15) is 5.10 Å². The Kier molecular flexibility index (Phi) is 2.94. The Bertz CT molecular complexity index is 227. The van der Waals surface area contributed by atoms with E-state index in [0.717, 1.165) is 32.7 Å². The molecule has 4 nitrogen and oxygen atoms in total. The van der Waals surface area contributed by atoms with Crippen LogP contribution in [-0.2, 0) is 11.3 Å². The summed E-state index contributed by atoms with van der Waals surface area (Å²) in [6.07, 6.45) is 5.14. The van der Waals surface area contributed by atoms with Crippen LogP contribution >= 0.6 is 0 Å². The second-order valence-electron chi connectivity index (χ2n) is 3.28. The van der Waals surface area contributed by atoms with Crippen LogP contribution in [0.1, 0.15) is 6.42 Å². The average molecular weight is 181 g/mol. The van der Waals surface area contributed by atoms with Crippen molar-refractivity contribution < 1.29 is 4.74 Å². The van der Waals surface area contributed by atoms with Crippen LogP contribution in [0.5, 0.6) is 0 Å². The van der Waals surface area contributed by atoms with Crippen molar-refractivity contribution >= 4 is 0 Å². The number of hydrogen-bond acceptors (Lipinski definition) is 3. The monoisotopic (exact) mass is 181 g/mol. The van der Waals surface area contributed by atoms with Crippen LogP contribution in [0, 0.1) is 0 Å². The average Bonchev–Trinajstić information content (AvgIpc) is 2.49. The van der Waals surface area contributed by atoms with Crippen molar-refractivity contribution in [3.8, 4) is 0 Å². The van der Waals surface area contributed by atoms with Crippen LogP contribution in [-0.4, -0.2) is 35.6 Å². The van der Waals surface area contributed by atoms with E-state index in [9.17, 15) is 0 Å². The summed E-state index contributed by atoms with van der Waals surface area (Å²) in [5.41, 5.74) is 0. The van der Waals surface area contributed by atoms with Crippen LogP contribution in [0.3, 0.4) is 0 Å². The first-order chi connectivity index (χ1) is 6.45. The first kappa shape index (κ1) is 8.72. The molecule has 0 aromatic carbocycles. The molecule has 0 amide bonds. The highest BCUT2D eigenvalue weighted by Gasteiger charge is 2.12. The van der Waals surface area contributed by atoms with E-state index < -0.39 is 0 Å². The van der Waals surface area contributed by atoms with Gasteiger partial charge in [-0.25, -0.2) is 0 Å². The lowest BCUT2D eigenvalue weighted by Gasteiger charge is -2.14. The maximum absolute atomic E-state index is 5.65. The zero-order chi connectivity index (χ0) is 8.93. The summed E-state index contributed by atoms with van der Waals surface area (Å²) in [4.78, 5) is 0. The Morgan fingerprint density at radius 2 is 2.62 bits per heavy atom. The van der Waals surface area contributed by atoms with Gasteiger partial charge in [0.15, 0.2) is 0 Å². The zero-order valence-electron chi connectivity index (χ0n) is 7.65. The molecule has 1 saturated heterocycles. The van der Waals surface area contributed by atoms with E-state index in [1.165, 1.54) is 0 Å². The maximum Gasteiger partial charge on any atom is 0.0894 e. The number of aromatic nitrogens is 2. The fraction of sp³-hybridized carbons (Fsp3) is 0.667. The van der Waals surface area contributed by atoms with Gasteiger partial charge in [-0.3, -0.25) is 4.68 Å². The van der Waals surface area contributed by atoms with Gasteiger partial charge in [0.2, 0.25) is 0 Å². The van der Waals surface area contributed by atoms with Crippen molar-refractivity contribution in [2.24, 2.45) is 0 Å². The van der Waals surface area contributed by atoms with Gasteiger partial charge < -0.3 is 10.1 Å². The molecule has 1 aliphatic heterocycles. The molecular formula is C9H15N3O. The molecule has 13 heavy (non-hydrogen) atoms. The molecule has 1 aromatic rings. The maximum atomic E-state index is 5.65. The van der Waals surface area contributed by atoms with Crippen molar-refractivity contribution in [1.29, 1.82) is 0 Å². The van der Waals surface area contributed by atoms with Gasteiger partial charge in [0.25, 0.3) is 0 Å². The van der Waals surface area contributed by atoms with Crippen LogP contribution in [0.15, 0.2) is 18.5 Å². The second-order valence-corrected chi connectivity index (χ2v) is 3.28. The third kappa shape index (κ3) is 2.54. The lowest BCUT2D eigenvalue weighted by Crippen LogP contribution is -2.30. The predicted octanol–water partition coefficient (Wildman–Crippen LogP) is 0.262. The van der Waals surface area contributed by atoms with Gasteiger partial charge >= 0.3 is 0 Å². The van der Waals surface area contributed by atoms with E-state index in [4.69, 9.17) is 4.74 Å². The van der Waals surface area contributed by atoms with Crippen LogP contribution in [0.2, 0.25) is 0 Å². The summed E-state index contributed by atoms with van der Waals surface area (Å²) in [7, 11) is 0. The van der Waals surface area contributed by atoms with Gasteiger partial charge in [0, 0.05) is 25.5 Å². The minimum atomic E-state index is 0.266. The molecule has 0 spiro atoms. The molecule has 0 radical (unpaired) electrons. The molecule has 1 atom stereocenters. The largest absolute Gasteiger partial charge is 0.375 e. The SMILES string of the molecule is c1cnn(C[C@H]2CNCCCO2)c1. The smallest absolute Gasteiger partial charge is 0.0894 e. The van der Waals surface area contributed by atoms with E-state index in [2.05, 4.69) is 10.4 Å². The van der Waals surface area contributed by atoms with Crippen molar-refractivity contribution in [3.63, 3.8) is 0 Å². The van der Waals surface area contributed by atoms with Crippen molar-refractivity contribution in [2.45, 2.75) is 19.1 Å². The van der Waals surface area contributed by atoms with E-state index in [1.807, 2.05) is 16.9 Å². The van der Waals surface area contributed by atoms with Crippen LogP contribution in [0.25, 0.3) is 0 Å². The summed E-state index contributed by atoms with van der Waals surface area (Å²) in [6.45, 7) is 3.70. The lowest BCUT2D eigenvalue weighted by atomic mass is 10.3. The molecular weight excluding hydrogens is 166 g/mol. The number of nitrogens with zero attached hydrogens (tertiary/aromatic N) is 2. The molecule has 2 rings (SSSR count). The molecule has 1 aromatic heterocycles. The highest BCUT2D eigenvalue weighted by Crippen LogP contribution is 2.00. The Hall–Kier alpha value is -0.870. The Labute approximate surface area is 77.9 Å². The summed E-state index contributed by atoms with van der Waals surface area (Å²) >= 11 is 0. The molecule has 1 aliphatic rings. The van der Waals surface area contributed by atoms with Crippen molar-refractivity contribution in [1.82, 2.24) is 15.1 Å². The Balaban J connectivity index is 1.86. The highest BCUT2D eigenvalue weighted by molar-refractivity contribution is 4.79. The summed E-state index contributed by atoms with van der Waals surface area (Å²) in [5, 5.41) is 7.49. The first-order valence-electron chi connectivity index (χ1n) is 4.75. The van der Waals surface area contributed by atoms with Crippen molar-refractivity contribution in [3.05, 3.63) is 18.5 Å². The van der Waals surface area contributed by atoms with Gasteiger partial charge in [-0.15, -0.1) is 0 Å². The van der Waals surface area contributed by atoms with Gasteiger partial charge in [0.1, 0.15) is 0 Å². The van der Waals surface area contributed by atoms with E-state index in [0.29, 0.717) is 0 Å². The fourth-order valence-corrected chi connectivity index (χ4v) is 1.50. The topological polar surface area (TPSA) is 39.1 Å². The minimum absolute atomic E-state index is 0.266. The second kappa shape index (κ2) is 4.39. The quantitative estimate of drug-likeness (QED) is 0.711. The first-order valence-corrected chi connectivity index (χ1v) is 4.75. The molecule has 1 fully saturated rings. The van der Waals surface area contributed by atoms with E-state index in [-0.39, 0.29) is 6.10 Å². The molecule has 0 bridgehead atoms. The summed E-state index contributed by atoms with van der Waals surface area (Å²) in [6, 6.07) is 1.93. The molecule has 4 heteroatoms. The molecule has 0 unspecified atom stereocenters. The number of nitrogens with one attached hydrogen (secondary N) is 1. The lowest BCUT2D eigenvalue weighted by molar-refractivity contribution is 0.0526.